The quantitative estimate of drug-likeness (QED) is 0.819. The highest BCUT2D eigenvalue weighted by Crippen LogP contribution is 2.19. The van der Waals surface area contributed by atoms with Gasteiger partial charge in [-0.15, -0.1) is 0 Å². The van der Waals surface area contributed by atoms with Crippen molar-refractivity contribution in [1.82, 2.24) is 10.2 Å². The molecular weight excluding hydrogens is 283 g/mol. The van der Waals surface area contributed by atoms with Crippen molar-refractivity contribution in [2.75, 3.05) is 26.7 Å². The van der Waals surface area contributed by atoms with Crippen LogP contribution in [0.3, 0.4) is 0 Å². The number of hydrogen-bond acceptors (Lipinski definition) is 3. The summed E-state index contributed by atoms with van der Waals surface area (Å²) in [6.45, 7) is 4.14. The fourth-order valence-electron chi connectivity index (χ4n) is 2.92. The molecule has 22 heavy (non-hydrogen) atoms. The van der Waals surface area contributed by atoms with Crippen molar-refractivity contribution < 1.29 is 14.0 Å². The van der Waals surface area contributed by atoms with Crippen LogP contribution in [-0.2, 0) is 4.79 Å². The third-order valence-corrected chi connectivity index (χ3v) is 4.17. The molecule has 4 nitrogen and oxygen atoms in total. The van der Waals surface area contributed by atoms with E-state index in [1.807, 2.05) is 11.9 Å². The maximum atomic E-state index is 13.2. The van der Waals surface area contributed by atoms with Crippen molar-refractivity contribution in [3.63, 3.8) is 0 Å². The highest BCUT2D eigenvalue weighted by molar-refractivity contribution is 5.99. The minimum absolute atomic E-state index is 0.0101. The molecule has 0 aromatic heterocycles. The Morgan fingerprint density at radius 2 is 2.23 bits per heavy atom. The monoisotopic (exact) mass is 306 g/mol. The zero-order valence-electron chi connectivity index (χ0n) is 13.1. The van der Waals surface area contributed by atoms with Crippen LogP contribution < -0.4 is 5.32 Å². The van der Waals surface area contributed by atoms with Gasteiger partial charge in [0.1, 0.15) is 5.82 Å². The second kappa shape index (κ2) is 7.49. The van der Waals surface area contributed by atoms with E-state index >= 15 is 0 Å². The highest BCUT2D eigenvalue weighted by Gasteiger charge is 2.28. The van der Waals surface area contributed by atoms with Gasteiger partial charge in [-0.25, -0.2) is 4.39 Å². The number of rotatable bonds is 6. The predicted molar refractivity (Wildman–Crippen MR) is 83.1 cm³/mol. The average molecular weight is 306 g/mol. The van der Waals surface area contributed by atoms with Crippen molar-refractivity contribution in [3.05, 3.63) is 35.6 Å². The number of amides is 1. The molecule has 1 aliphatic rings. The Kier molecular flexibility index (Phi) is 5.66. The van der Waals surface area contributed by atoms with Gasteiger partial charge in [-0.2, -0.15) is 0 Å². The van der Waals surface area contributed by atoms with Crippen LogP contribution in [0.25, 0.3) is 0 Å². The molecule has 1 aliphatic heterocycles. The maximum Gasteiger partial charge on any atom is 0.223 e. The summed E-state index contributed by atoms with van der Waals surface area (Å²) in [6.07, 6.45) is 1.18. The summed E-state index contributed by atoms with van der Waals surface area (Å²) in [4.78, 5) is 26.4. The zero-order chi connectivity index (χ0) is 16.1. The van der Waals surface area contributed by atoms with Crippen LogP contribution >= 0.6 is 0 Å². The number of carbonyl (C=O) groups excluding carboxylic acids is 2. The number of nitrogens with one attached hydrogen (secondary N) is 1. The normalized spacial score (nSPS) is 19.2. The molecule has 1 fully saturated rings. The molecule has 0 saturated carbocycles. The summed E-state index contributed by atoms with van der Waals surface area (Å²) in [6, 6.07) is 5.63. The van der Waals surface area contributed by atoms with Crippen molar-refractivity contribution in [3.8, 4) is 0 Å². The standard InChI is InChI=1S/C17H23FN2O2/c1-12(17(22)14-4-3-5-15(18)9-14)8-16(21)20-7-6-13(11-20)10-19-2/h3-5,9,12-13,19H,6-8,10-11H2,1-2H3. The summed E-state index contributed by atoms with van der Waals surface area (Å²) in [7, 11) is 1.91. The number of Topliss-reactive ketones (excluding diaryl/α,β-unsaturated/α-hetero) is 1. The first kappa shape index (κ1) is 16.6. The van der Waals surface area contributed by atoms with Gasteiger partial charge in [0, 0.05) is 31.0 Å². The van der Waals surface area contributed by atoms with Crippen LogP contribution in [0.15, 0.2) is 24.3 Å². The highest BCUT2D eigenvalue weighted by atomic mass is 19.1. The molecule has 1 heterocycles. The molecule has 2 rings (SSSR count). The Balaban J connectivity index is 1.90. The van der Waals surface area contributed by atoms with Crippen LogP contribution in [0.1, 0.15) is 30.1 Å². The van der Waals surface area contributed by atoms with Gasteiger partial charge in [0.05, 0.1) is 0 Å². The van der Waals surface area contributed by atoms with Crippen LogP contribution in [0, 0.1) is 17.7 Å². The molecule has 1 saturated heterocycles. The van der Waals surface area contributed by atoms with E-state index in [9.17, 15) is 14.0 Å². The minimum atomic E-state index is -0.433. The van der Waals surface area contributed by atoms with Crippen LogP contribution in [0.5, 0.6) is 0 Å². The van der Waals surface area contributed by atoms with Crippen molar-refractivity contribution in [2.45, 2.75) is 19.8 Å². The van der Waals surface area contributed by atoms with E-state index in [1.165, 1.54) is 18.2 Å². The Morgan fingerprint density at radius 1 is 1.45 bits per heavy atom. The van der Waals surface area contributed by atoms with E-state index in [1.54, 1.807) is 13.0 Å². The predicted octanol–water partition coefficient (Wildman–Crippen LogP) is 2.10. The van der Waals surface area contributed by atoms with Crippen LogP contribution in [0.2, 0.25) is 0 Å². The van der Waals surface area contributed by atoms with E-state index in [4.69, 9.17) is 0 Å². The molecule has 1 amide bonds. The Hall–Kier alpha value is -1.75. The zero-order valence-corrected chi connectivity index (χ0v) is 13.1. The number of carbonyl (C=O) groups is 2. The second-order valence-electron chi connectivity index (χ2n) is 6.03. The number of likely N-dealkylation sites (tertiary alicyclic amines) is 1. The van der Waals surface area contributed by atoms with Crippen molar-refractivity contribution in [1.29, 1.82) is 0 Å². The lowest BCUT2D eigenvalue weighted by molar-refractivity contribution is -0.130. The lowest BCUT2D eigenvalue weighted by Crippen LogP contribution is -2.32. The van der Waals surface area contributed by atoms with Gasteiger partial charge in [0.2, 0.25) is 5.91 Å². The van der Waals surface area contributed by atoms with Gasteiger partial charge in [0.25, 0.3) is 0 Å². The van der Waals surface area contributed by atoms with Crippen molar-refractivity contribution in [2.24, 2.45) is 11.8 Å². The molecule has 0 radical (unpaired) electrons. The fraction of sp³-hybridized carbons (Fsp3) is 0.529. The third kappa shape index (κ3) is 4.13. The van der Waals surface area contributed by atoms with Gasteiger partial charge < -0.3 is 10.2 Å². The Labute approximate surface area is 130 Å². The van der Waals surface area contributed by atoms with Gasteiger partial charge in [-0.05, 0) is 38.1 Å². The minimum Gasteiger partial charge on any atom is -0.342 e. The van der Waals surface area contributed by atoms with Crippen LogP contribution in [0.4, 0.5) is 4.39 Å². The summed E-state index contributed by atoms with van der Waals surface area (Å²) < 4.78 is 13.2. The number of halogens is 1. The summed E-state index contributed by atoms with van der Waals surface area (Å²) in [5, 5.41) is 3.13. The van der Waals surface area contributed by atoms with E-state index in [-0.39, 0.29) is 18.1 Å². The summed E-state index contributed by atoms with van der Waals surface area (Å²) in [5.41, 5.74) is 0.329. The largest absolute Gasteiger partial charge is 0.342 e. The van der Waals surface area contributed by atoms with E-state index < -0.39 is 11.7 Å². The number of benzene rings is 1. The smallest absolute Gasteiger partial charge is 0.223 e. The van der Waals surface area contributed by atoms with Crippen molar-refractivity contribution >= 4 is 11.7 Å². The SMILES string of the molecule is CNCC1CCN(C(=O)CC(C)C(=O)c2cccc(F)c2)C1. The first-order chi connectivity index (χ1) is 10.5. The molecule has 1 aromatic carbocycles. The second-order valence-corrected chi connectivity index (χ2v) is 6.03. The molecule has 2 unspecified atom stereocenters. The molecule has 0 spiro atoms. The molecule has 0 bridgehead atoms. The van der Waals surface area contributed by atoms with Gasteiger partial charge in [-0.1, -0.05) is 19.1 Å². The van der Waals surface area contributed by atoms with Gasteiger partial charge >= 0.3 is 0 Å². The fourth-order valence-corrected chi connectivity index (χ4v) is 2.92. The van der Waals surface area contributed by atoms with Gasteiger partial charge in [-0.3, -0.25) is 9.59 Å². The van der Waals surface area contributed by atoms with Gasteiger partial charge in [0.15, 0.2) is 5.78 Å². The number of hydrogen-bond donors (Lipinski definition) is 1. The molecule has 1 aromatic rings. The average Bonchev–Trinajstić information content (AvgIpc) is 2.95. The van der Waals surface area contributed by atoms with Crippen LogP contribution in [-0.4, -0.2) is 43.3 Å². The summed E-state index contributed by atoms with van der Waals surface area (Å²) in [5.74, 6) is -0.547. The van der Waals surface area contributed by atoms with E-state index in [0.29, 0.717) is 11.5 Å². The Morgan fingerprint density at radius 3 is 2.91 bits per heavy atom. The summed E-state index contributed by atoms with van der Waals surface area (Å²) >= 11 is 0. The first-order valence-electron chi connectivity index (χ1n) is 7.73. The molecular formula is C17H23FN2O2. The number of nitrogens with zero attached hydrogens (tertiary/aromatic N) is 1. The maximum absolute atomic E-state index is 13.2. The molecule has 120 valence electrons. The topological polar surface area (TPSA) is 49.4 Å². The molecule has 2 atom stereocenters. The first-order valence-corrected chi connectivity index (χ1v) is 7.73. The molecule has 1 N–H and O–H groups in total. The van der Waals surface area contributed by atoms with E-state index in [2.05, 4.69) is 5.32 Å². The Bertz CT molecular complexity index is 547. The third-order valence-electron chi connectivity index (χ3n) is 4.17. The molecule has 0 aliphatic carbocycles. The lowest BCUT2D eigenvalue weighted by atomic mass is 9.96. The van der Waals surface area contributed by atoms with E-state index in [0.717, 1.165) is 26.1 Å². The lowest BCUT2D eigenvalue weighted by Gasteiger charge is -2.19. The molecule has 5 heteroatoms. The number of ketones is 1.